The van der Waals surface area contributed by atoms with Crippen LogP contribution in [-0.2, 0) is 11.2 Å². The lowest BCUT2D eigenvalue weighted by molar-refractivity contribution is -0.115. The Morgan fingerprint density at radius 3 is 3.00 bits per heavy atom. The summed E-state index contributed by atoms with van der Waals surface area (Å²) < 4.78 is 11.2. The molecule has 0 aromatic carbocycles. The van der Waals surface area contributed by atoms with Crippen molar-refractivity contribution in [3.8, 4) is 5.88 Å². The number of amides is 1. The highest BCUT2D eigenvalue weighted by Gasteiger charge is 2.30. The molecule has 9 heteroatoms. The number of aromatic nitrogens is 5. The molecule has 0 radical (unpaired) electrons. The molecule has 1 saturated carbocycles. The highest BCUT2D eigenvalue weighted by molar-refractivity contribution is 5.91. The first-order chi connectivity index (χ1) is 14.5. The van der Waals surface area contributed by atoms with E-state index in [2.05, 4.69) is 44.7 Å². The second-order valence-corrected chi connectivity index (χ2v) is 8.06. The molecule has 2 unspecified atom stereocenters. The number of anilines is 1. The summed E-state index contributed by atoms with van der Waals surface area (Å²) in [5.74, 6) is 2.09. The maximum absolute atomic E-state index is 12.2. The molecule has 158 valence electrons. The lowest BCUT2D eigenvalue weighted by Crippen LogP contribution is -2.15. The number of ether oxygens (including phenoxy) is 1. The van der Waals surface area contributed by atoms with Crippen molar-refractivity contribution in [1.82, 2.24) is 25.6 Å². The molecule has 0 spiro atoms. The average Bonchev–Trinajstić information content (AvgIpc) is 3.44. The predicted molar refractivity (Wildman–Crippen MR) is 109 cm³/mol. The van der Waals surface area contributed by atoms with Crippen molar-refractivity contribution in [1.29, 1.82) is 0 Å². The van der Waals surface area contributed by atoms with Gasteiger partial charge in [-0.1, -0.05) is 19.0 Å². The van der Waals surface area contributed by atoms with Gasteiger partial charge < -0.3 is 14.6 Å². The molecule has 30 heavy (non-hydrogen) atoms. The van der Waals surface area contributed by atoms with Crippen LogP contribution in [0.3, 0.4) is 0 Å². The Bertz CT molecular complexity index is 1010. The Kier molecular flexibility index (Phi) is 5.78. The fraction of sp³-hybridized carbons (Fsp3) is 0.476. The minimum atomic E-state index is -0.194. The van der Waals surface area contributed by atoms with Gasteiger partial charge in [-0.2, -0.15) is 10.2 Å². The summed E-state index contributed by atoms with van der Waals surface area (Å²) in [6.07, 6.45) is 4.68. The second kappa shape index (κ2) is 8.64. The van der Waals surface area contributed by atoms with E-state index in [1.807, 2.05) is 19.1 Å². The van der Waals surface area contributed by atoms with Gasteiger partial charge in [0.25, 0.3) is 0 Å². The van der Waals surface area contributed by atoms with Gasteiger partial charge in [0.1, 0.15) is 11.9 Å². The number of H-pyrrole nitrogens is 1. The van der Waals surface area contributed by atoms with Gasteiger partial charge in [-0.15, -0.1) is 5.10 Å². The molecule has 9 nitrogen and oxygen atoms in total. The molecule has 3 heterocycles. The molecule has 2 atom stereocenters. The Hall–Kier alpha value is -3.23. The fourth-order valence-electron chi connectivity index (χ4n) is 3.80. The third kappa shape index (κ3) is 4.67. The summed E-state index contributed by atoms with van der Waals surface area (Å²) in [6, 6.07) is 5.60. The monoisotopic (exact) mass is 410 g/mol. The summed E-state index contributed by atoms with van der Waals surface area (Å²) in [4.78, 5) is 12.2. The predicted octanol–water partition coefficient (Wildman–Crippen LogP) is 3.52. The highest BCUT2D eigenvalue weighted by atomic mass is 16.5. The van der Waals surface area contributed by atoms with Crippen LogP contribution in [0.15, 0.2) is 28.9 Å². The summed E-state index contributed by atoms with van der Waals surface area (Å²) in [5, 5.41) is 22.0. The topological polar surface area (TPSA) is 119 Å². The molecule has 1 aliphatic rings. The van der Waals surface area contributed by atoms with E-state index in [0.29, 0.717) is 29.3 Å². The summed E-state index contributed by atoms with van der Waals surface area (Å²) in [7, 11) is 0. The zero-order chi connectivity index (χ0) is 21.1. The maximum Gasteiger partial charge on any atom is 0.237 e. The lowest BCUT2D eigenvalue weighted by Gasteiger charge is -2.16. The van der Waals surface area contributed by atoms with E-state index in [-0.39, 0.29) is 18.4 Å². The number of carbonyl (C=O) groups is 1. The fourth-order valence-corrected chi connectivity index (χ4v) is 3.80. The summed E-state index contributed by atoms with van der Waals surface area (Å²) in [6.45, 7) is 6.05. The number of nitrogens with one attached hydrogen (secondary N) is 2. The molecule has 3 aromatic rings. The van der Waals surface area contributed by atoms with E-state index < -0.39 is 0 Å². The van der Waals surface area contributed by atoms with Crippen molar-refractivity contribution < 1.29 is 14.1 Å². The van der Waals surface area contributed by atoms with Crippen molar-refractivity contribution in [2.45, 2.75) is 64.4 Å². The largest absolute Gasteiger partial charge is 0.473 e. The maximum atomic E-state index is 12.2. The standard InChI is InChI=1S/C21H26N6O3/c1-12(2)17-6-7-22-26-21(17)29-15-5-4-14(9-15)18-11-19(25-24-18)23-20(28)10-16-8-13(3)27-30-16/h6-8,11-12,14-15H,4-5,9-10H2,1-3H3,(H2,23,24,25,28). The van der Waals surface area contributed by atoms with Gasteiger partial charge in [0.2, 0.25) is 11.8 Å². The van der Waals surface area contributed by atoms with Crippen LogP contribution in [0.4, 0.5) is 5.82 Å². The summed E-state index contributed by atoms with van der Waals surface area (Å²) >= 11 is 0. The number of hydrogen-bond donors (Lipinski definition) is 2. The first kappa shape index (κ1) is 20.1. The first-order valence-electron chi connectivity index (χ1n) is 10.2. The smallest absolute Gasteiger partial charge is 0.237 e. The molecule has 0 bridgehead atoms. The van der Waals surface area contributed by atoms with E-state index in [1.165, 1.54) is 0 Å². The number of hydrogen-bond acceptors (Lipinski definition) is 7. The summed E-state index contributed by atoms with van der Waals surface area (Å²) in [5.41, 5.74) is 2.82. The van der Waals surface area contributed by atoms with Crippen molar-refractivity contribution >= 4 is 11.7 Å². The Labute approximate surface area is 174 Å². The minimum Gasteiger partial charge on any atom is -0.473 e. The molecular weight excluding hydrogens is 384 g/mol. The third-order valence-corrected chi connectivity index (χ3v) is 5.32. The van der Waals surface area contributed by atoms with Crippen LogP contribution in [0, 0.1) is 6.92 Å². The highest BCUT2D eigenvalue weighted by Crippen LogP contribution is 2.37. The quantitative estimate of drug-likeness (QED) is 0.612. The van der Waals surface area contributed by atoms with Gasteiger partial charge >= 0.3 is 0 Å². The molecular formula is C21H26N6O3. The van der Waals surface area contributed by atoms with E-state index in [0.717, 1.165) is 36.2 Å². The van der Waals surface area contributed by atoms with E-state index >= 15 is 0 Å². The van der Waals surface area contributed by atoms with Crippen molar-refractivity contribution in [2.24, 2.45) is 0 Å². The van der Waals surface area contributed by atoms with E-state index in [9.17, 15) is 4.79 Å². The van der Waals surface area contributed by atoms with Crippen molar-refractivity contribution in [3.63, 3.8) is 0 Å². The number of aryl methyl sites for hydroxylation is 1. The zero-order valence-corrected chi connectivity index (χ0v) is 17.4. The van der Waals surface area contributed by atoms with E-state index in [1.54, 1.807) is 12.3 Å². The molecule has 4 rings (SSSR count). The van der Waals surface area contributed by atoms with Crippen LogP contribution in [0.2, 0.25) is 0 Å². The van der Waals surface area contributed by atoms with Gasteiger partial charge in [-0.05, 0) is 38.2 Å². The lowest BCUT2D eigenvalue weighted by atomic mass is 10.0. The number of nitrogens with zero attached hydrogens (tertiary/aromatic N) is 4. The third-order valence-electron chi connectivity index (χ3n) is 5.32. The van der Waals surface area contributed by atoms with Gasteiger partial charge in [0, 0.05) is 29.3 Å². The van der Waals surface area contributed by atoms with Gasteiger partial charge in [0.05, 0.1) is 18.3 Å². The Balaban J connectivity index is 1.33. The van der Waals surface area contributed by atoms with E-state index in [4.69, 9.17) is 9.26 Å². The number of aromatic amines is 1. The van der Waals surface area contributed by atoms with Gasteiger partial charge in [-0.3, -0.25) is 9.89 Å². The van der Waals surface area contributed by atoms with Crippen LogP contribution < -0.4 is 10.1 Å². The first-order valence-corrected chi connectivity index (χ1v) is 10.2. The molecule has 2 N–H and O–H groups in total. The average molecular weight is 410 g/mol. The Morgan fingerprint density at radius 1 is 1.37 bits per heavy atom. The number of rotatable bonds is 7. The number of carbonyl (C=O) groups excluding carboxylic acids is 1. The Morgan fingerprint density at radius 2 is 2.23 bits per heavy atom. The molecule has 3 aromatic heterocycles. The van der Waals surface area contributed by atoms with Crippen LogP contribution >= 0.6 is 0 Å². The van der Waals surface area contributed by atoms with Crippen LogP contribution in [0.25, 0.3) is 0 Å². The minimum absolute atomic E-state index is 0.0835. The van der Waals surface area contributed by atoms with Crippen LogP contribution in [0.5, 0.6) is 5.88 Å². The molecule has 1 aliphatic carbocycles. The zero-order valence-electron chi connectivity index (χ0n) is 17.4. The second-order valence-electron chi connectivity index (χ2n) is 8.06. The van der Waals surface area contributed by atoms with Crippen molar-refractivity contribution in [3.05, 3.63) is 47.1 Å². The molecule has 1 amide bonds. The molecule has 1 fully saturated rings. The molecule has 0 aliphatic heterocycles. The van der Waals surface area contributed by atoms with Crippen LogP contribution in [0.1, 0.15) is 67.7 Å². The molecule has 0 saturated heterocycles. The SMILES string of the molecule is Cc1cc(CC(=O)Nc2cc(C3CCC(Oc4nnccc4C(C)C)C3)[nH]n2)on1. The van der Waals surface area contributed by atoms with Gasteiger partial charge in [0.15, 0.2) is 5.82 Å². The van der Waals surface area contributed by atoms with Crippen LogP contribution in [-0.4, -0.2) is 37.6 Å². The van der Waals surface area contributed by atoms with Gasteiger partial charge in [-0.25, -0.2) is 0 Å². The van der Waals surface area contributed by atoms with Crippen molar-refractivity contribution in [2.75, 3.05) is 5.32 Å². The normalized spacial score (nSPS) is 18.7.